The van der Waals surface area contributed by atoms with E-state index in [1.807, 2.05) is 0 Å². The first kappa shape index (κ1) is 71.1. The van der Waals surface area contributed by atoms with Gasteiger partial charge in [-0.3, -0.25) is 28.8 Å². The minimum Gasteiger partial charge on any atom is -0.478 e. The highest BCUT2D eigenvalue weighted by Gasteiger charge is 2.32. The molecule has 2 heterocycles. The molecule has 0 aromatic heterocycles. The van der Waals surface area contributed by atoms with Crippen molar-refractivity contribution in [2.75, 3.05) is 50.4 Å². The summed E-state index contributed by atoms with van der Waals surface area (Å²) < 4.78 is 9.09. The number of rotatable bonds is 18. The lowest BCUT2D eigenvalue weighted by atomic mass is 9.95. The molecule has 0 spiro atoms. The molecular weight excluding hydrogens is 1290 g/mol. The molecule has 2 aliphatic rings. The van der Waals surface area contributed by atoms with E-state index >= 15 is 0 Å². The minimum atomic E-state index is -1.33. The number of amides is 5. The van der Waals surface area contributed by atoms with Crippen molar-refractivity contribution < 1.29 is 77.2 Å². The fourth-order valence-electron chi connectivity index (χ4n) is 10.3. The molecule has 12 rings (SSSR count). The second-order valence-corrected chi connectivity index (χ2v) is 22.5. The minimum absolute atomic E-state index is 0. The molecule has 24 heteroatoms. The molecule has 0 atom stereocenters. The van der Waals surface area contributed by atoms with Crippen molar-refractivity contribution in [3.63, 3.8) is 0 Å². The normalized spacial score (nSPS) is 11.4. The second kappa shape index (κ2) is 31.6. The fraction of sp³-hybridized carbons (Fsp3) is 0.0649. The van der Waals surface area contributed by atoms with Gasteiger partial charge in [0.1, 0.15) is 0 Å². The number of hydrogen-bond donors (Lipinski definition) is 10. The molecule has 506 valence electrons. The monoisotopic (exact) mass is 1350 g/mol. The first-order chi connectivity index (χ1) is 47.9. The number of ether oxygens (including phenoxy) is 2. The summed E-state index contributed by atoms with van der Waals surface area (Å²) in [7, 11) is 1.78. The van der Waals surface area contributed by atoms with Crippen molar-refractivity contribution in [3.8, 4) is 0 Å². The Morgan fingerprint density at radius 2 is 0.644 bits per heavy atom. The zero-order valence-corrected chi connectivity index (χ0v) is 53.0. The zero-order chi connectivity index (χ0) is 71.3. The van der Waals surface area contributed by atoms with Gasteiger partial charge in [-0.25, -0.2) is 28.8 Å². The van der Waals surface area contributed by atoms with Crippen LogP contribution in [0.2, 0.25) is 0 Å². The van der Waals surface area contributed by atoms with Gasteiger partial charge in [0.05, 0.1) is 38.9 Å². The second-order valence-electron chi connectivity index (χ2n) is 22.5. The summed E-state index contributed by atoms with van der Waals surface area (Å²) in [6.45, 7) is 1.27. The van der Waals surface area contributed by atoms with Crippen LogP contribution in [0.15, 0.2) is 218 Å². The van der Waals surface area contributed by atoms with Gasteiger partial charge >= 0.3 is 35.8 Å². The number of carboxylic acid groups (broad SMARTS) is 2. The lowest BCUT2D eigenvalue weighted by Crippen LogP contribution is -2.17. The number of esters is 4. The van der Waals surface area contributed by atoms with Crippen LogP contribution in [0, 0.1) is 0 Å². The van der Waals surface area contributed by atoms with E-state index in [1.54, 1.807) is 177 Å². The molecule has 0 bridgehead atoms. The number of carbonyl (C=O) groups excluding carboxylic acids is 10. The summed E-state index contributed by atoms with van der Waals surface area (Å²) in [6, 6.07) is 58.2. The maximum Gasteiger partial charge on any atom is 0.346 e. The lowest BCUT2D eigenvalue weighted by Gasteiger charge is -2.12. The van der Waals surface area contributed by atoms with Gasteiger partial charge in [-0.05, 0) is 218 Å². The van der Waals surface area contributed by atoms with E-state index in [9.17, 15) is 67.7 Å². The topological polar surface area (TPSA) is 388 Å². The molecule has 0 saturated carbocycles. The van der Waals surface area contributed by atoms with Crippen molar-refractivity contribution >= 4 is 117 Å². The highest BCUT2D eigenvalue weighted by atomic mass is 16.6. The number of carboxylic acids is 2. The number of cyclic esters (lactones) is 4. The summed E-state index contributed by atoms with van der Waals surface area (Å²) in [4.78, 5) is 145. The van der Waals surface area contributed by atoms with Crippen molar-refractivity contribution in [2.45, 2.75) is 27.2 Å². The van der Waals surface area contributed by atoms with E-state index in [-0.39, 0.29) is 81.6 Å². The van der Waals surface area contributed by atoms with E-state index in [0.29, 0.717) is 74.0 Å². The van der Waals surface area contributed by atoms with Gasteiger partial charge in [0.15, 0.2) is 5.78 Å². The number of fused-ring (bicyclic) bond motifs is 2. The van der Waals surface area contributed by atoms with Crippen LogP contribution in [0.3, 0.4) is 0 Å². The number of ketones is 1. The highest BCUT2D eigenvalue weighted by Crippen LogP contribution is 2.28. The molecule has 24 nitrogen and oxygen atoms in total. The lowest BCUT2D eigenvalue weighted by molar-refractivity contribution is 0.0425. The average Bonchev–Trinajstić information content (AvgIpc) is 1.74. The van der Waals surface area contributed by atoms with Crippen LogP contribution < -0.4 is 43.4 Å². The first-order valence-corrected chi connectivity index (χ1v) is 30.3. The standard InChI is InChI=1S/C39H32N4O8.C20H18N4O2.C17H8O6.CH4/c1-22(44)31-16-6-23(19-33(31)38(48)49)18-24-7-17-32(34(20-24)39(50)51)37(47)41-28-14-10-26(11-15-28)36(46)43-30-5-3-4-29(21-30)42-35(45)25-8-12-27(40-2)13-9-25;21-15-8-4-13(5-9-15)19(25)23-17-2-1-3-18(12-17)24-20(26)14-6-10-16(22)11-7-14;18-14-10-3-1-8(6-12(10)16(20)22-14)5-9-2-4-11-13(7-9)17(21)23-15(11)19;/h3-17,19-21,40H,18H2,1-2H3,(H,41,47)(H,42,45)(H,43,46)(H,48,49)(H,50,51);1-12H,21-22H2,(H,23,25)(H,24,26);1-4,6-7H,5H2;1H4. The van der Waals surface area contributed by atoms with Crippen LogP contribution >= 0.6 is 0 Å². The molecule has 0 saturated heterocycles. The molecule has 0 unspecified atom stereocenters. The summed E-state index contributed by atoms with van der Waals surface area (Å²) in [6.07, 6.45) is 0.595. The average molecular weight is 1360 g/mol. The third kappa shape index (κ3) is 17.9. The van der Waals surface area contributed by atoms with Gasteiger partial charge < -0.3 is 63.1 Å². The SMILES string of the molecule is C.CNc1ccc(C(=O)Nc2cccc(NC(=O)c3ccc(NC(=O)c4ccc(Cc5ccc(C(C)=O)c(C(=O)O)c5)cc4C(=O)O)cc3)c2)cc1.Nc1ccc(C(=O)Nc2cccc(NC(=O)c3ccc(N)cc3)c2)cc1.O=C1OC(=O)c2cc(Cc3ccc4c(c3)C(=O)OC4=O)ccc21. The Hall–Kier alpha value is -14.2. The summed E-state index contributed by atoms with van der Waals surface area (Å²) >= 11 is 0. The number of Topliss-reactive ketones (excluding diaryl/α,β-unsaturated/α-hetero) is 1. The van der Waals surface area contributed by atoms with Crippen LogP contribution in [0.4, 0.5) is 45.5 Å². The predicted molar refractivity (Wildman–Crippen MR) is 378 cm³/mol. The molecule has 0 aliphatic carbocycles. The third-order valence-electron chi connectivity index (χ3n) is 15.4. The van der Waals surface area contributed by atoms with Gasteiger partial charge in [0, 0.05) is 80.4 Å². The molecule has 0 fully saturated rings. The quantitative estimate of drug-likeness (QED) is 0.0165. The Labute approximate surface area is 576 Å². The maximum atomic E-state index is 13.1. The Bertz CT molecular complexity index is 4830. The molecule has 10 aromatic carbocycles. The van der Waals surface area contributed by atoms with Gasteiger partial charge in [-0.15, -0.1) is 0 Å². The van der Waals surface area contributed by atoms with Crippen LogP contribution in [0.1, 0.15) is 161 Å². The van der Waals surface area contributed by atoms with Crippen molar-refractivity contribution in [3.05, 3.63) is 307 Å². The molecule has 101 heavy (non-hydrogen) atoms. The smallest absolute Gasteiger partial charge is 0.346 e. The molecule has 12 N–H and O–H groups in total. The van der Waals surface area contributed by atoms with Crippen LogP contribution in [-0.2, 0) is 22.3 Å². The van der Waals surface area contributed by atoms with E-state index < -0.39 is 53.4 Å². The Balaban J connectivity index is 0.000000197. The molecule has 2 aliphatic heterocycles. The van der Waals surface area contributed by atoms with E-state index in [0.717, 1.165) is 16.8 Å². The van der Waals surface area contributed by atoms with Gasteiger partial charge in [-0.1, -0.05) is 49.9 Å². The number of nitrogens with one attached hydrogen (secondary N) is 6. The van der Waals surface area contributed by atoms with Crippen molar-refractivity contribution in [2.24, 2.45) is 0 Å². The van der Waals surface area contributed by atoms with Crippen LogP contribution in [0.5, 0.6) is 0 Å². The van der Waals surface area contributed by atoms with Crippen LogP contribution in [-0.4, -0.2) is 88.4 Å². The maximum absolute atomic E-state index is 13.1. The number of carbonyl (C=O) groups is 12. The Kier molecular flexibility index (Phi) is 22.3. The largest absolute Gasteiger partial charge is 0.478 e. The first-order valence-electron chi connectivity index (χ1n) is 30.3. The number of nitrogen functional groups attached to an aromatic ring is 2. The molecule has 0 radical (unpaired) electrons. The molecule has 10 aromatic rings. The molecule has 5 amide bonds. The van der Waals surface area contributed by atoms with E-state index in [2.05, 4.69) is 41.4 Å². The third-order valence-corrected chi connectivity index (χ3v) is 15.4. The van der Waals surface area contributed by atoms with Gasteiger partial charge in [-0.2, -0.15) is 0 Å². The summed E-state index contributed by atoms with van der Waals surface area (Å²) in [5, 5.41) is 36.2. The zero-order valence-electron chi connectivity index (χ0n) is 53.0. The highest BCUT2D eigenvalue weighted by molar-refractivity contribution is 6.16. The number of anilines is 8. The van der Waals surface area contributed by atoms with Crippen molar-refractivity contribution in [1.29, 1.82) is 0 Å². The van der Waals surface area contributed by atoms with Gasteiger partial charge in [0.2, 0.25) is 0 Å². The van der Waals surface area contributed by atoms with Crippen LogP contribution in [0.25, 0.3) is 0 Å². The Morgan fingerprint density at radius 1 is 0.337 bits per heavy atom. The number of aromatic carboxylic acids is 2. The number of nitrogens with two attached hydrogens (primary N) is 2. The van der Waals surface area contributed by atoms with Gasteiger partial charge in [0.25, 0.3) is 29.5 Å². The number of hydrogen-bond acceptors (Lipinski definition) is 17. The summed E-state index contributed by atoms with van der Waals surface area (Å²) in [5.41, 5.74) is 20.6. The molecular formula is C77H62N8O16. The Morgan fingerprint density at radius 3 is 1.00 bits per heavy atom. The predicted octanol–water partition coefficient (Wildman–Crippen LogP) is 12.6. The fourth-order valence-corrected chi connectivity index (χ4v) is 10.3. The van der Waals surface area contributed by atoms with E-state index in [1.165, 1.54) is 55.5 Å². The number of benzene rings is 10. The van der Waals surface area contributed by atoms with Crippen molar-refractivity contribution in [1.82, 2.24) is 0 Å². The summed E-state index contributed by atoms with van der Waals surface area (Å²) in [5.74, 6) is -7.53. The van der Waals surface area contributed by atoms with E-state index in [4.69, 9.17) is 11.5 Å².